The molecule has 0 aliphatic carbocycles. The van der Waals surface area contributed by atoms with E-state index in [1.165, 1.54) is 16.9 Å². The highest BCUT2D eigenvalue weighted by Crippen LogP contribution is 2.41. The third-order valence-corrected chi connectivity index (χ3v) is 6.01. The zero-order chi connectivity index (χ0) is 22.3. The van der Waals surface area contributed by atoms with Gasteiger partial charge in [-0.15, -0.1) is 11.3 Å². The molecule has 6 nitrogen and oxygen atoms in total. The van der Waals surface area contributed by atoms with Gasteiger partial charge < -0.3 is 15.2 Å². The first-order valence-electron chi connectivity index (χ1n) is 10.2. The molecule has 2 rings (SSSR count). The summed E-state index contributed by atoms with van der Waals surface area (Å²) in [5.74, 6) is -1.29. The number of hydrogen-bond acceptors (Lipinski definition) is 5. The third-order valence-electron chi connectivity index (χ3n) is 4.99. The van der Waals surface area contributed by atoms with Crippen molar-refractivity contribution in [2.45, 2.75) is 59.3 Å². The highest BCUT2D eigenvalue weighted by molar-refractivity contribution is 7.17. The van der Waals surface area contributed by atoms with Gasteiger partial charge in [0.1, 0.15) is 10.6 Å². The average molecular weight is 432 g/mol. The van der Waals surface area contributed by atoms with Crippen LogP contribution in [0.15, 0.2) is 24.3 Å². The molecule has 1 heterocycles. The first kappa shape index (κ1) is 23.6. The summed E-state index contributed by atoms with van der Waals surface area (Å²) in [6, 6.07) is 8.13. The van der Waals surface area contributed by atoms with E-state index in [2.05, 4.69) is 31.3 Å². The Balaban J connectivity index is 2.37. The normalized spacial score (nSPS) is 11.7. The number of aliphatic carboxylic acids is 1. The number of aryl methyl sites for hydroxylation is 1. The quantitative estimate of drug-likeness (QED) is 0.477. The van der Waals surface area contributed by atoms with Crippen LogP contribution in [-0.4, -0.2) is 29.6 Å². The molecule has 0 radical (unpaired) electrons. The van der Waals surface area contributed by atoms with Crippen LogP contribution in [0, 0.1) is 6.92 Å². The first-order chi connectivity index (χ1) is 14.3. The highest BCUT2D eigenvalue weighted by Gasteiger charge is 2.25. The molecule has 0 fully saturated rings. The molecule has 0 bridgehead atoms. The van der Waals surface area contributed by atoms with E-state index in [1.807, 2.05) is 19.1 Å². The maximum Gasteiger partial charge on any atom is 0.341 e. The summed E-state index contributed by atoms with van der Waals surface area (Å²) >= 11 is 1.32. The van der Waals surface area contributed by atoms with Crippen molar-refractivity contribution in [2.24, 2.45) is 0 Å². The molecule has 162 valence electrons. The molecule has 0 saturated heterocycles. The zero-order valence-electron chi connectivity index (χ0n) is 17.9. The van der Waals surface area contributed by atoms with Crippen LogP contribution in [0.2, 0.25) is 0 Å². The summed E-state index contributed by atoms with van der Waals surface area (Å²) in [6.07, 6.45) is 1.28. The van der Waals surface area contributed by atoms with E-state index in [9.17, 15) is 14.4 Å². The molecule has 1 aromatic heterocycles. The molecule has 30 heavy (non-hydrogen) atoms. The minimum Gasteiger partial charge on any atom is -0.481 e. The zero-order valence-corrected chi connectivity index (χ0v) is 18.7. The molecule has 0 aliphatic rings. The van der Waals surface area contributed by atoms with Crippen LogP contribution in [0.3, 0.4) is 0 Å². The predicted molar refractivity (Wildman–Crippen MR) is 119 cm³/mol. The van der Waals surface area contributed by atoms with Crippen molar-refractivity contribution in [1.29, 1.82) is 0 Å². The summed E-state index contributed by atoms with van der Waals surface area (Å²) in [7, 11) is 0. The summed E-state index contributed by atoms with van der Waals surface area (Å²) < 4.78 is 5.26. The lowest BCUT2D eigenvalue weighted by Gasteiger charge is -2.12. The van der Waals surface area contributed by atoms with Gasteiger partial charge in [0.05, 0.1) is 6.61 Å². The molecule has 0 aliphatic heterocycles. The van der Waals surface area contributed by atoms with E-state index >= 15 is 0 Å². The second-order valence-corrected chi connectivity index (χ2v) is 8.41. The first-order valence-corrected chi connectivity index (χ1v) is 11.0. The van der Waals surface area contributed by atoms with Crippen molar-refractivity contribution in [3.8, 4) is 11.1 Å². The molecule has 1 atom stereocenters. The fourth-order valence-corrected chi connectivity index (χ4v) is 4.26. The van der Waals surface area contributed by atoms with Crippen LogP contribution < -0.4 is 5.32 Å². The number of carboxylic acid groups (broad SMARTS) is 1. The van der Waals surface area contributed by atoms with Crippen molar-refractivity contribution in [1.82, 2.24) is 0 Å². The summed E-state index contributed by atoms with van der Waals surface area (Å²) in [6.45, 7) is 8.19. The Labute approximate surface area is 181 Å². The van der Waals surface area contributed by atoms with Crippen LogP contribution >= 0.6 is 11.3 Å². The molecule has 0 spiro atoms. The molecule has 0 saturated carbocycles. The van der Waals surface area contributed by atoms with Crippen LogP contribution in [0.4, 0.5) is 5.00 Å². The van der Waals surface area contributed by atoms with Crippen LogP contribution in [0.5, 0.6) is 0 Å². The lowest BCUT2D eigenvalue weighted by atomic mass is 9.94. The number of hydrogen-bond donors (Lipinski definition) is 2. The van der Waals surface area contributed by atoms with Crippen molar-refractivity contribution in [3.05, 3.63) is 40.3 Å². The molecule has 2 N–H and O–H groups in total. The number of carbonyl (C=O) groups is 3. The fourth-order valence-electron chi connectivity index (χ4n) is 3.18. The summed E-state index contributed by atoms with van der Waals surface area (Å²) in [5.41, 5.74) is 3.24. The van der Waals surface area contributed by atoms with Crippen LogP contribution in [0.25, 0.3) is 11.1 Å². The smallest absolute Gasteiger partial charge is 0.341 e. The number of anilines is 1. The Kier molecular flexibility index (Phi) is 8.59. The maximum atomic E-state index is 12.7. The number of nitrogens with one attached hydrogen (secondary N) is 1. The van der Waals surface area contributed by atoms with Gasteiger partial charge in [-0.1, -0.05) is 38.1 Å². The number of ether oxygens (including phenoxy) is 1. The number of thiophene rings is 1. The maximum absolute atomic E-state index is 12.7. The fraction of sp³-hybridized carbons (Fsp3) is 0.435. The van der Waals surface area contributed by atoms with Crippen molar-refractivity contribution in [3.63, 3.8) is 0 Å². The van der Waals surface area contributed by atoms with Gasteiger partial charge in [0.2, 0.25) is 5.91 Å². The van der Waals surface area contributed by atoms with Gasteiger partial charge in [0.15, 0.2) is 0 Å². The molecular weight excluding hydrogens is 402 g/mol. The van der Waals surface area contributed by atoms with Crippen molar-refractivity contribution in [2.75, 3.05) is 11.9 Å². The number of rotatable bonds is 10. The Morgan fingerprint density at radius 2 is 1.80 bits per heavy atom. The number of carbonyl (C=O) groups excluding carboxylic acids is 2. The predicted octanol–water partition coefficient (Wildman–Crippen LogP) is 5.61. The van der Waals surface area contributed by atoms with E-state index in [1.54, 1.807) is 6.92 Å². The van der Waals surface area contributed by atoms with Crippen molar-refractivity contribution >= 4 is 34.2 Å². The van der Waals surface area contributed by atoms with E-state index < -0.39 is 11.9 Å². The van der Waals surface area contributed by atoms with Gasteiger partial charge in [-0.25, -0.2) is 4.79 Å². The lowest BCUT2D eigenvalue weighted by molar-refractivity contribution is -0.137. The number of esters is 1. The highest BCUT2D eigenvalue weighted by atomic mass is 32.1. The molecule has 2 aromatic rings. The van der Waals surface area contributed by atoms with Gasteiger partial charge in [-0.05, 0) is 43.7 Å². The van der Waals surface area contributed by atoms with E-state index in [4.69, 9.17) is 9.84 Å². The molecule has 1 aromatic carbocycles. The minimum absolute atomic E-state index is 0.0739. The second-order valence-electron chi connectivity index (χ2n) is 7.18. The van der Waals surface area contributed by atoms with Gasteiger partial charge in [0, 0.05) is 23.3 Å². The van der Waals surface area contributed by atoms with Gasteiger partial charge in [-0.3, -0.25) is 9.59 Å². The largest absolute Gasteiger partial charge is 0.481 e. The van der Waals surface area contributed by atoms with Gasteiger partial charge >= 0.3 is 11.9 Å². The summed E-state index contributed by atoms with van der Waals surface area (Å²) in [4.78, 5) is 36.6. The van der Waals surface area contributed by atoms with Gasteiger partial charge in [-0.2, -0.15) is 0 Å². The molecule has 7 heteroatoms. The van der Waals surface area contributed by atoms with Gasteiger partial charge in [0.25, 0.3) is 0 Å². The monoisotopic (exact) mass is 431 g/mol. The average Bonchev–Trinajstić information content (AvgIpc) is 3.02. The Bertz CT molecular complexity index is 901. The van der Waals surface area contributed by atoms with E-state index in [-0.39, 0.29) is 31.8 Å². The SMILES string of the molecule is CCOC(=O)c1c(NC(=O)CCCC(=O)O)sc(C)c1-c1ccc(C(C)CC)cc1. The lowest BCUT2D eigenvalue weighted by Crippen LogP contribution is -2.14. The Morgan fingerprint density at radius 3 is 2.37 bits per heavy atom. The number of benzene rings is 1. The van der Waals surface area contributed by atoms with E-state index in [0.717, 1.165) is 22.4 Å². The third kappa shape index (κ3) is 5.92. The van der Waals surface area contributed by atoms with Crippen LogP contribution in [0.1, 0.15) is 73.2 Å². The standard InChI is InChI=1S/C23H29NO5S/c1-5-14(3)16-10-12-17(13-11-16)20-15(4)30-22(21(20)23(28)29-6-2)24-18(25)8-7-9-19(26)27/h10-14H,5-9H2,1-4H3,(H,24,25)(H,26,27). The second kappa shape index (κ2) is 10.9. The number of amides is 1. The Hall–Kier alpha value is -2.67. The summed E-state index contributed by atoms with van der Waals surface area (Å²) in [5, 5.41) is 12.0. The number of carboxylic acids is 1. The topological polar surface area (TPSA) is 92.7 Å². The van der Waals surface area contributed by atoms with E-state index in [0.29, 0.717) is 16.5 Å². The van der Waals surface area contributed by atoms with Crippen LogP contribution in [-0.2, 0) is 14.3 Å². The molecular formula is C23H29NO5S. The Morgan fingerprint density at radius 1 is 1.13 bits per heavy atom. The molecule has 1 amide bonds. The molecule has 1 unspecified atom stereocenters. The minimum atomic E-state index is -0.940. The van der Waals surface area contributed by atoms with Crippen molar-refractivity contribution < 1.29 is 24.2 Å².